The number of hydrogen-bond acceptors (Lipinski definition) is 14. The van der Waals surface area contributed by atoms with Crippen molar-refractivity contribution in [3.63, 3.8) is 0 Å². The quantitative estimate of drug-likeness (QED) is 0.149. The molecule has 34 heavy (non-hydrogen) atoms. The van der Waals surface area contributed by atoms with Crippen molar-refractivity contribution in [3.05, 3.63) is 35.4 Å². The van der Waals surface area contributed by atoms with E-state index in [-0.39, 0.29) is 0 Å². The van der Waals surface area contributed by atoms with Crippen LogP contribution in [0.3, 0.4) is 0 Å². The molecule has 3 rings (SSSR count). The maximum atomic E-state index is 13.3. The highest BCUT2D eigenvalue weighted by Crippen LogP contribution is 2.45. The number of aliphatic hydroxyl groups is 4. The SMILES string of the molecule is O=C(c1cc(O)c(O)c(O)c1)[C@]1(O)[C@H]([O-])O[C@H](CO)[C@@H](O)[C@@]1(O)C(=O)c1cc(O)c(O)c(O)c1. The second-order valence-electron chi connectivity index (χ2n) is 7.55. The second kappa shape index (κ2) is 8.28. The molecule has 1 aliphatic rings. The van der Waals surface area contributed by atoms with E-state index in [4.69, 9.17) is 0 Å². The minimum absolute atomic E-state index is 0.468. The molecule has 14 heteroatoms. The molecule has 2 aromatic carbocycles. The number of benzene rings is 2. The van der Waals surface area contributed by atoms with Crippen LogP contribution >= 0.6 is 0 Å². The summed E-state index contributed by atoms with van der Waals surface area (Å²) in [7, 11) is 0. The normalized spacial score (nSPS) is 29.0. The van der Waals surface area contributed by atoms with Gasteiger partial charge in [0.05, 0.1) is 6.61 Å². The van der Waals surface area contributed by atoms with E-state index in [0.29, 0.717) is 24.3 Å². The van der Waals surface area contributed by atoms with Gasteiger partial charge in [0.2, 0.25) is 5.78 Å². The monoisotopic (exact) mass is 483 g/mol. The third-order valence-corrected chi connectivity index (χ3v) is 5.54. The van der Waals surface area contributed by atoms with E-state index in [2.05, 4.69) is 4.74 Å². The highest BCUT2D eigenvalue weighted by molar-refractivity contribution is 6.13. The van der Waals surface area contributed by atoms with Crippen LogP contribution in [0.2, 0.25) is 0 Å². The molecular formula is C20H19O14-. The Morgan fingerprint density at radius 2 is 1.15 bits per heavy atom. The molecule has 0 bridgehead atoms. The van der Waals surface area contributed by atoms with Crippen molar-refractivity contribution >= 4 is 11.6 Å². The number of phenols is 6. The molecule has 10 N–H and O–H groups in total. The number of ether oxygens (including phenoxy) is 1. The van der Waals surface area contributed by atoms with E-state index in [1.165, 1.54) is 0 Å². The number of aromatic hydroxyl groups is 6. The van der Waals surface area contributed by atoms with Crippen LogP contribution in [0.15, 0.2) is 24.3 Å². The molecule has 1 aliphatic heterocycles. The van der Waals surface area contributed by atoms with E-state index >= 15 is 0 Å². The van der Waals surface area contributed by atoms with Gasteiger partial charge in [0.15, 0.2) is 51.5 Å². The molecule has 0 aromatic heterocycles. The molecule has 0 saturated carbocycles. The lowest BCUT2D eigenvalue weighted by Gasteiger charge is -2.56. The third kappa shape index (κ3) is 3.37. The van der Waals surface area contributed by atoms with Gasteiger partial charge in [-0.15, -0.1) is 0 Å². The summed E-state index contributed by atoms with van der Waals surface area (Å²) in [5.41, 5.74) is -9.55. The number of hydrogen-bond donors (Lipinski definition) is 10. The lowest BCUT2D eigenvalue weighted by molar-refractivity contribution is -0.547. The molecular weight excluding hydrogens is 464 g/mol. The summed E-state index contributed by atoms with van der Waals surface area (Å²) >= 11 is 0. The summed E-state index contributed by atoms with van der Waals surface area (Å²) in [5.74, 6) is -10.2. The standard InChI is InChI=1S/C20H19O14/c21-5-12-17(30)19(32,15(28)6-1-8(22)13(26)9(23)2-6)20(33,18(31)34-12)16(29)7-3-10(24)14(27)11(25)4-7/h1-4,12,17-18,21-27,30,32-33H,5H2/q-1/t12-,17-,18-,19+,20+/m1/s1. The van der Waals surface area contributed by atoms with Gasteiger partial charge in [0, 0.05) is 17.4 Å². The molecule has 5 atom stereocenters. The molecule has 1 saturated heterocycles. The Morgan fingerprint density at radius 1 is 0.794 bits per heavy atom. The van der Waals surface area contributed by atoms with Crippen LogP contribution in [0.4, 0.5) is 0 Å². The maximum absolute atomic E-state index is 13.3. The van der Waals surface area contributed by atoms with Gasteiger partial charge >= 0.3 is 0 Å². The van der Waals surface area contributed by atoms with Crippen molar-refractivity contribution in [1.29, 1.82) is 0 Å². The van der Waals surface area contributed by atoms with E-state index < -0.39 is 93.5 Å². The van der Waals surface area contributed by atoms with Crippen molar-refractivity contribution in [2.45, 2.75) is 29.7 Å². The number of carbonyl (C=O) groups is 2. The lowest BCUT2D eigenvalue weighted by atomic mass is 9.66. The van der Waals surface area contributed by atoms with Gasteiger partial charge in [0.25, 0.3) is 0 Å². The van der Waals surface area contributed by atoms with Gasteiger partial charge in [-0.05, 0) is 24.3 Å². The van der Waals surface area contributed by atoms with Crippen LogP contribution in [0, 0.1) is 0 Å². The first-order chi connectivity index (χ1) is 15.7. The largest absolute Gasteiger partial charge is 0.829 e. The van der Waals surface area contributed by atoms with Crippen LogP contribution in [0.25, 0.3) is 0 Å². The molecule has 2 aromatic rings. The Hall–Kier alpha value is -3.66. The van der Waals surface area contributed by atoms with E-state index in [1.54, 1.807) is 0 Å². The highest BCUT2D eigenvalue weighted by atomic mass is 16.6. The minimum Gasteiger partial charge on any atom is -0.829 e. The van der Waals surface area contributed by atoms with Crippen LogP contribution in [0.1, 0.15) is 20.7 Å². The highest BCUT2D eigenvalue weighted by Gasteiger charge is 2.69. The first-order valence-electron chi connectivity index (χ1n) is 9.36. The Bertz CT molecular complexity index is 1120. The van der Waals surface area contributed by atoms with Crippen molar-refractivity contribution < 1.29 is 70.5 Å². The van der Waals surface area contributed by atoms with Gasteiger partial charge in [-0.25, -0.2) is 0 Å². The zero-order valence-electron chi connectivity index (χ0n) is 16.9. The van der Waals surface area contributed by atoms with E-state index in [0.717, 1.165) is 0 Å². The van der Waals surface area contributed by atoms with E-state index in [1.807, 2.05) is 0 Å². The zero-order valence-corrected chi connectivity index (χ0v) is 16.9. The predicted molar refractivity (Wildman–Crippen MR) is 103 cm³/mol. The fraction of sp³-hybridized carbons (Fsp3) is 0.300. The average molecular weight is 483 g/mol. The number of phenolic OH excluding ortho intramolecular Hbond substituents is 6. The molecule has 0 unspecified atom stereocenters. The Kier molecular flexibility index (Phi) is 6.08. The predicted octanol–water partition coefficient (Wildman–Crippen LogP) is -3.11. The van der Waals surface area contributed by atoms with Gasteiger partial charge < -0.3 is 60.9 Å². The number of ketones is 2. The molecule has 14 nitrogen and oxygen atoms in total. The summed E-state index contributed by atoms with van der Waals surface area (Å²) in [6, 6.07) is 1.90. The summed E-state index contributed by atoms with van der Waals surface area (Å²) in [6.45, 7) is -1.17. The lowest BCUT2D eigenvalue weighted by Crippen LogP contribution is -2.82. The van der Waals surface area contributed by atoms with Crippen LogP contribution in [0.5, 0.6) is 34.5 Å². The molecule has 1 fully saturated rings. The molecule has 1 heterocycles. The molecule has 184 valence electrons. The van der Waals surface area contributed by atoms with Crippen LogP contribution < -0.4 is 5.11 Å². The zero-order chi connectivity index (χ0) is 25.7. The van der Waals surface area contributed by atoms with Gasteiger partial charge in [-0.2, -0.15) is 0 Å². The summed E-state index contributed by atoms with van der Waals surface area (Å²) in [4.78, 5) is 26.4. The van der Waals surface area contributed by atoms with Gasteiger partial charge in [-0.1, -0.05) is 0 Å². The smallest absolute Gasteiger partial charge is 0.201 e. The minimum atomic E-state index is -3.91. The summed E-state index contributed by atoms with van der Waals surface area (Å²) in [6.07, 6.45) is -7.74. The Labute approximate surface area is 189 Å². The number of carbonyl (C=O) groups excluding carboxylic acids is 2. The summed E-state index contributed by atoms with van der Waals surface area (Å²) < 4.78 is 4.69. The van der Waals surface area contributed by atoms with Crippen molar-refractivity contribution in [1.82, 2.24) is 0 Å². The van der Waals surface area contributed by atoms with Crippen LogP contribution in [-0.2, 0) is 4.74 Å². The van der Waals surface area contributed by atoms with E-state index in [9.17, 15) is 65.8 Å². The van der Waals surface area contributed by atoms with Crippen molar-refractivity contribution in [2.24, 2.45) is 0 Å². The topological polar surface area (TPSA) is 269 Å². The Morgan fingerprint density at radius 3 is 1.50 bits per heavy atom. The van der Waals surface area contributed by atoms with Gasteiger partial charge in [0.1, 0.15) is 12.2 Å². The van der Waals surface area contributed by atoms with Crippen molar-refractivity contribution in [2.75, 3.05) is 6.61 Å². The first-order valence-corrected chi connectivity index (χ1v) is 9.36. The fourth-order valence-corrected chi connectivity index (χ4v) is 3.65. The van der Waals surface area contributed by atoms with Crippen LogP contribution in [-0.4, -0.2) is 98.9 Å². The molecule has 0 amide bonds. The fourth-order valence-electron chi connectivity index (χ4n) is 3.65. The average Bonchev–Trinajstić information content (AvgIpc) is 2.80. The molecule has 0 aliphatic carbocycles. The summed E-state index contributed by atoms with van der Waals surface area (Å²) in [5, 5.41) is 113. The van der Waals surface area contributed by atoms with Crippen molar-refractivity contribution in [3.8, 4) is 34.5 Å². The first kappa shape index (κ1) is 25.0. The number of rotatable bonds is 5. The van der Waals surface area contributed by atoms with Gasteiger partial charge in [-0.3, -0.25) is 9.59 Å². The maximum Gasteiger partial charge on any atom is 0.201 e. The third-order valence-electron chi connectivity index (χ3n) is 5.54. The number of aliphatic hydroxyl groups excluding tert-OH is 2. The Balaban J connectivity index is 2.26. The molecule has 0 radical (unpaired) electrons. The molecule has 0 spiro atoms. The second-order valence-corrected chi connectivity index (χ2v) is 7.55. The number of Topliss-reactive ketones (excluding diaryl/α,β-unsaturated/α-hetero) is 2.